The summed E-state index contributed by atoms with van der Waals surface area (Å²) in [6.07, 6.45) is 4.63. The molecule has 5 rings (SSSR count). The standard InChI is InChI=1S/C25H28ClN5O2/c1-15-22(17-5-4-16(13-32)11-19(17)26)30-21(14-33)24(29-15)31-9-6-25(7-10-31)12-20-18(23(25)27)3-2-8-28-20/h2-5,8,11,23,32-33H,6-7,9-10,12-14,27H2,1H3/t23-/m1/s1. The smallest absolute Gasteiger partial charge is 0.153 e. The van der Waals surface area contributed by atoms with Gasteiger partial charge in [0.25, 0.3) is 0 Å². The van der Waals surface area contributed by atoms with Crippen molar-refractivity contribution >= 4 is 17.4 Å². The third kappa shape index (κ3) is 3.79. The SMILES string of the molecule is Cc1nc(N2CCC3(CC2)Cc2ncccc2[C@H]3N)c(CO)nc1-c1ccc(CO)cc1Cl. The summed E-state index contributed by atoms with van der Waals surface area (Å²) in [4.78, 5) is 16.4. The molecule has 2 aromatic heterocycles. The molecule has 3 aromatic rings. The van der Waals surface area contributed by atoms with Crippen molar-refractivity contribution in [2.24, 2.45) is 11.1 Å². The Bertz CT molecular complexity index is 1190. The van der Waals surface area contributed by atoms with Gasteiger partial charge in [0, 0.05) is 36.6 Å². The highest BCUT2D eigenvalue weighted by Gasteiger charge is 2.46. The minimum atomic E-state index is -0.210. The van der Waals surface area contributed by atoms with Gasteiger partial charge in [-0.2, -0.15) is 0 Å². The lowest BCUT2D eigenvalue weighted by Crippen LogP contribution is -2.45. The fraction of sp³-hybridized carbons (Fsp3) is 0.400. The Labute approximate surface area is 198 Å². The van der Waals surface area contributed by atoms with Gasteiger partial charge in [0.1, 0.15) is 5.69 Å². The number of hydrogen-bond donors (Lipinski definition) is 3. The van der Waals surface area contributed by atoms with Crippen LogP contribution in [0.25, 0.3) is 11.3 Å². The first-order chi connectivity index (χ1) is 16.0. The Morgan fingerprint density at radius 3 is 2.61 bits per heavy atom. The Morgan fingerprint density at radius 1 is 1.15 bits per heavy atom. The van der Waals surface area contributed by atoms with Gasteiger partial charge in [0.2, 0.25) is 0 Å². The lowest BCUT2D eigenvalue weighted by molar-refractivity contribution is 0.186. The predicted molar refractivity (Wildman–Crippen MR) is 128 cm³/mol. The number of anilines is 1. The zero-order valence-electron chi connectivity index (χ0n) is 18.6. The number of aryl methyl sites for hydroxylation is 1. The third-order valence-corrected chi connectivity index (χ3v) is 7.55. The highest BCUT2D eigenvalue weighted by atomic mass is 35.5. The average molecular weight is 466 g/mol. The molecule has 1 aromatic carbocycles. The molecule has 0 bridgehead atoms. The van der Waals surface area contributed by atoms with Gasteiger partial charge in [-0.1, -0.05) is 29.8 Å². The van der Waals surface area contributed by atoms with Gasteiger partial charge in [-0.25, -0.2) is 9.97 Å². The molecule has 3 heterocycles. The predicted octanol–water partition coefficient (Wildman–Crippen LogP) is 3.33. The van der Waals surface area contributed by atoms with Crippen molar-refractivity contribution in [3.63, 3.8) is 0 Å². The highest BCUT2D eigenvalue weighted by Crippen LogP contribution is 2.50. The molecule has 4 N–H and O–H groups in total. The average Bonchev–Trinajstić information content (AvgIpc) is 3.11. The van der Waals surface area contributed by atoms with Crippen LogP contribution in [-0.4, -0.2) is 38.3 Å². The van der Waals surface area contributed by atoms with E-state index < -0.39 is 0 Å². The number of halogens is 1. The maximum atomic E-state index is 10.1. The molecule has 1 saturated heterocycles. The fourth-order valence-electron chi connectivity index (χ4n) is 5.31. The van der Waals surface area contributed by atoms with E-state index in [0.717, 1.165) is 60.7 Å². The molecular formula is C25H28ClN5O2. The van der Waals surface area contributed by atoms with E-state index in [1.165, 1.54) is 5.56 Å². The Kier molecular flexibility index (Phi) is 5.82. The fourth-order valence-corrected chi connectivity index (χ4v) is 5.60. The van der Waals surface area contributed by atoms with Gasteiger partial charge in [0.15, 0.2) is 5.82 Å². The van der Waals surface area contributed by atoms with Crippen molar-refractivity contribution in [1.29, 1.82) is 0 Å². The second-order valence-corrected chi connectivity index (χ2v) is 9.51. The summed E-state index contributed by atoms with van der Waals surface area (Å²) < 4.78 is 0. The lowest BCUT2D eigenvalue weighted by atomic mass is 9.73. The summed E-state index contributed by atoms with van der Waals surface area (Å²) in [5.74, 6) is 0.721. The summed E-state index contributed by atoms with van der Waals surface area (Å²) >= 11 is 6.45. The largest absolute Gasteiger partial charge is 0.392 e. The molecule has 2 aliphatic rings. The van der Waals surface area contributed by atoms with Crippen LogP contribution in [0.4, 0.5) is 5.82 Å². The van der Waals surface area contributed by atoms with Crippen LogP contribution in [-0.2, 0) is 19.6 Å². The highest BCUT2D eigenvalue weighted by molar-refractivity contribution is 6.33. The molecule has 172 valence electrons. The van der Waals surface area contributed by atoms with E-state index in [2.05, 4.69) is 16.0 Å². The second kappa shape index (κ2) is 8.65. The summed E-state index contributed by atoms with van der Waals surface area (Å²) in [6, 6.07) is 9.44. The molecule has 1 aliphatic carbocycles. The first kappa shape index (κ1) is 22.2. The second-order valence-electron chi connectivity index (χ2n) is 9.10. The number of benzene rings is 1. The minimum absolute atomic E-state index is 0.0000992. The van der Waals surface area contributed by atoms with Crippen molar-refractivity contribution in [1.82, 2.24) is 15.0 Å². The molecule has 0 unspecified atom stereocenters. The third-order valence-electron chi connectivity index (χ3n) is 7.24. The van der Waals surface area contributed by atoms with Crippen molar-refractivity contribution in [2.45, 2.75) is 45.4 Å². The number of fused-ring (bicyclic) bond motifs is 1. The number of nitrogens with two attached hydrogens (primary N) is 1. The van der Waals surface area contributed by atoms with E-state index >= 15 is 0 Å². The number of aliphatic hydroxyl groups excluding tert-OH is 2. The van der Waals surface area contributed by atoms with Crippen LogP contribution in [0.2, 0.25) is 5.02 Å². The van der Waals surface area contributed by atoms with Gasteiger partial charge < -0.3 is 20.8 Å². The molecule has 7 nitrogen and oxygen atoms in total. The molecule has 1 aliphatic heterocycles. The monoisotopic (exact) mass is 465 g/mol. The van der Waals surface area contributed by atoms with Crippen molar-refractivity contribution in [3.8, 4) is 11.3 Å². The Hall–Kier alpha value is -2.58. The van der Waals surface area contributed by atoms with Crippen LogP contribution in [0, 0.1) is 12.3 Å². The Morgan fingerprint density at radius 2 is 1.94 bits per heavy atom. The number of rotatable bonds is 4. The molecule has 33 heavy (non-hydrogen) atoms. The zero-order valence-corrected chi connectivity index (χ0v) is 19.4. The summed E-state index contributed by atoms with van der Waals surface area (Å²) in [5.41, 5.74) is 12.4. The van der Waals surface area contributed by atoms with E-state index in [4.69, 9.17) is 27.3 Å². The van der Waals surface area contributed by atoms with Crippen molar-refractivity contribution in [3.05, 3.63) is 69.8 Å². The molecule has 0 saturated carbocycles. The molecular weight excluding hydrogens is 438 g/mol. The maximum Gasteiger partial charge on any atom is 0.153 e. The van der Waals surface area contributed by atoms with Crippen LogP contribution in [0.1, 0.15) is 47.1 Å². The van der Waals surface area contributed by atoms with Crippen LogP contribution in [0.15, 0.2) is 36.5 Å². The molecule has 1 fully saturated rings. The number of nitrogens with zero attached hydrogens (tertiary/aromatic N) is 4. The van der Waals surface area contributed by atoms with E-state index in [9.17, 15) is 10.2 Å². The number of aliphatic hydroxyl groups is 2. The number of aromatic nitrogens is 3. The number of pyridine rings is 1. The van der Waals surface area contributed by atoms with Gasteiger partial charge in [-0.15, -0.1) is 0 Å². The molecule has 0 amide bonds. The van der Waals surface area contributed by atoms with E-state index in [-0.39, 0.29) is 24.7 Å². The number of hydrogen-bond acceptors (Lipinski definition) is 7. The van der Waals surface area contributed by atoms with Gasteiger partial charge in [-0.05, 0) is 54.9 Å². The molecule has 8 heteroatoms. The maximum absolute atomic E-state index is 10.1. The topological polar surface area (TPSA) is 108 Å². The zero-order chi connectivity index (χ0) is 23.2. The number of piperidine rings is 1. The molecule has 1 atom stereocenters. The lowest BCUT2D eigenvalue weighted by Gasteiger charge is -2.42. The van der Waals surface area contributed by atoms with Gasteiger partial charge in [0.05, 0.1) is 29.6 Å². The quantitative estimate of drug-likeness (QED) is 0.542. The van der Waals surface area contributed by atoms with Gasteiger partial charge in [-0.3, -0.25) is 4.98 Å². The van der Waals surface area contributed by atoms with Crippen LogP contribution >= 0.6 is 11.6 Å². The normalized spacial score (nSPS) is 19.2. The van der Waals surface area contributed by atoms with E-state index in [1.807, 2.05) is 31.3 Å². The first-order valence-corrected chi connectivity index (χ1v) is 11.7. The van der Waals surface area contributed by atoms with Crippen molar-refractivity contribution in [2.75, 3.05) is 18.0 Å². The van der Waals surface area contributed by atoms with Crippen LogP contribution < -0.4 is 10.6 Å². The molecule has 1 spiro atoms. The van der Waals surface area contributed by atoms with Gasteiger partial charge >= 0.3 is 0 Å². The van der Waals surface area contributed by atoms with Crippen LogP contribution in [0.5, 0.6) is 0 Å². The van der Waals surface area contributed by atoms with E-state index in [0.29, 0.717) is 16.4 Å². The summed E-state index contributed by atoms with van der Waals surface area (Å²) in [6.45, 7) is 3.22. The van der Waals surface area contributed by atoms with Crippen LogP contribution in [0.3, 0.4) is 0 Å². The van der Waals surface area contributed by atoms with Crippen molar-refractivity contribution < 1.29 is 10.2 Å². The summed E-state index contributed by atoms with van der Waals surface area (Å²) in [5, 5.41) is 20.0. The van der Waals surface area contributed by atoms with E-state index in [1.54, 1.807) is 6.07 Å². The summed E-state index contributed by atoms with van der Waals surface area (Å²) in [7, 11) is 0. The Balaban J connectivity index is 1.40. The molecule has 0 radical (unpaired) electrons. The minimum Gasteiger partial charge on any atom is -0.392 e. The first-order valence-electron chi connectivity index (χ1n) is 11.3.